The second-order valence-electron chi connectivity index (χ2n) is 3.69. The maximum absolute atomic E-state index is 11.9. The van der Waals surface area contributed by atoms with Crippen LogP contribution in [0.25, 0.3) is 0 Å². The van der Waals surface area contributed by atoms with Crippen LogP contribution in [0.15, 0.2) is 29.4 Å². The molecule has 96 valence electrons. The lowest BCUT2D eigenvalue weighted by molar-refractivity contribution is 0.102. The maximum Gasteiger partial charge on any atom is 0.239 e. The van der Waals surface area contributed by atoms with E-state index in [0.717, 1.165) is 0 Å². The van der Waals surface area contributed by atoms with Crippen molar-refractivity contribution in [3.8, 4) is 6.07 Å². The van der Waals surface area contributed by atoms with Crippen LogP contribution in [-0.2, 0) is 17.8 Å². The Hall–Kier alpha value is -2.40. The van der Waals surface area contributed by atoms with Gasteiger partial charge in [0, 0.05) is 12.6 Å². The number of aromatic nitrogens is 4. The molecule has 19 heavy (non-hydrogen) atoms. The Morgan fingerprint density at radius 1 is 1.42 bits per heavy atom. The van der Waals surface area contributed by atoms with Crippen LogP contribution < -0.4 is 0 Å². The van der Waals surface area contributed by atoms with E-state index in [1.54, 1.807) is 19.2 Å². The molecular weight excluding hydrogens is 266 g/mol. The minimum absolute atomic E-state index is 0.155. The SMILES string of the molecule is Cn1nnnc1S(=O)CC(=O)c1ccc(C#N)cc1. The number of nitrogens with zero attached hydrogens (tertiary/aromatic N) is 5. The average Bonchev–Trinajstić information content (AvgIpc) is 2.85. The van der Waals surface area contributed by atoms with Gasteiger partial charge >= 0.3 is 0 Å². The predicted octanol–water partition coefficient (Wildman–Crippen LogP) is 0.0723. The number of carbonyl (C=O) groups is 1. The molecule has 0 saturated heterocycles. The monoisotopic (exact) mass is 275 g/mol. The molecule has 7 nitrogen and oxygen atoms in total. The highest BCUT2D eigenvalue weighted by molar-refractivity contribution is 7.85. The van der Waals surface area contributed by atoms with Crippen LogP contribution >= 0.6 is 0 Å². The van der Waals surface area contributed by atoms with Crippen LogP contribution in [0.4, 0.5) is 0 Å². The highest BCUT2D eigenvalue weighted by atomic mass is 32.2. The topological polar surface area (TPSA) is 102 Å². The van der Waals surface area contributed by atoms with E-state index in [1.165, 1.54) is 16.8 Å². The summed E-state index contributed by atoms with van der Waals surface area (Å²) >= 11 is 0. The van der Waals surface area contributed by atoms with Crippen molar-refractivity contribution in [3.63, 3.8) is 0 Å². The molecule has 2 rings (SSSR count). The van der Waals surface area contributed by atoms with Gasteiger partial charge in [-0.25, -0.2) is 4.68 Å². The quantitative estimate of drug-likeness (QED) is 0.732. The third kappa shape index (κ3) is 2.89. The zero-order chi connectivity index (χ0) is 13.8. The Kier molecular flexibility index (Phi) is 3.77. The summed E-state index contributed by atoms with van der Waals surface area (Å²) in [5, 5.41) is 19.3. The number of benzene rings is 1. The average molecular weight is 275 g/mol. The first-order chi connectivity index (χ1) is 9.11. The van der Waals surface area contributed by atoms with Crippen molar-refractivity contribution in [1.29, 1.82) is 5.26 Å². The molecule has 1 unspecified atom stereocenters. The normalized spacial score (nSPS) is 11.8. The van der Waals surface area contributed by atoms with Crippen LogP contribution in [0, 0.1) is 11.3 Å². The number of rotatable bonds is 4. The number of hydrogen-bond acceptors (Lipinski definition) is 6. The zero-order valence-electron chi connectivity index (χ0n) is 9.98. The third-order valence-corrected chi connectivity index (χ3v) is 3.66. The zero-order valence-corrected chi connectivity index (χ0v) is 10.8. The van der Waals surface area contributed by atoms with Crippen molar-refractivity contribution in [3.05, 3.63) is 35.4 Å². The molecular formula is C11H9N5O2S. The largest absolute Gasteiger partial charge is 0.293 e. The summed E-state index contributed by atoms with van der Waals surface area (Å²) in [4.78, 5) is 11.9. The molecule has 8 heteroatoms. The molecule has 1 heterocycles. The summed E-state index contributed by atoms with van der Waals surface area (Å²) in [6.45, 7) is 0. The van der Waals surface area contributed by atoms with Gasteiger partial charge in [-0.05, 0) is 22.6 Å². The first-order valence-corrected chi connectivity index (χ1v) is 6.58. The van der Waals surface area contributed by atoms with Crippen molar-refractivity contribution in [2.75, 3.05) is 5.75 Å². The molecule has 1 atom stereocenters. The van der Waals surface area contributed by atoms with Crippen molar-refractivity contribution in [1.82, 2.24) is 20.2 Å². The second kappa shape index (κ2) is 5.49. The van der Waals surface area contributed by atoms with Gasteiger partial charge in [0.1, 0.15) is 10.8 Å². The van der Waals surface area contributed by atoms with Crippen LogP contribution in [0.5, 0.6) is 0 Å². The fraction of sp³-hybridized carbons (Fsp3) is 0.182. The maximum atomic E-state index is 11.9. The van der Waals surface area contributed by atoms with E-state index in [0.29, 0.717) is 11.1 Å². The third-order valence-electron chi connectivity index (χ3n) is 2.38. The van der Waals surface area contributed by atoms with E-state index in [-0.39, 0.29) is 16.7 Å². The first-order valence-electron chi connectivity index (χ1n) is 5.26. The molecule has 0 aliphatic carbocycles. The number of tetrazole rings is 1. The Bertz CT molecular complexity index is 671. The molecule has 0 aliphatic rings. The van der Waals surface area contributed by atoms with Crippen molar-refractivity contribution < 1.29 is 9.00 Å². The lowest BCUT2D eigenvalue weighted by Gasteiger charge is -2.00. The van der Waals surface area contributed by atoms with Crippen LogP contribution in [-0.4, -0.2) is 36.0 Å². The molecule has 0 amide bonds. The van der Waals surface area contributed by atoms with Gasteiger partial charge in [0.2, 0.25) is 5.16 Å². The molecule has 0 aliphatic heterocycles. The van der Waals surface area contributed by atoms with Gasteiger partial charge < -0.3 is 0 Å². The number of carbonyl (C=O) groups excluding carboxylic acids is 1. The van der Waals surface area contributed by atoms with E-state index in [1.807, 2.05) is 6.07 Å². The minimum atomic E-state index is -1.59. The molecule has 0 radical (unpaired) electrons. The molecule has 2 aromatic rings. The molecule has 0 N–H and O–H groups in total. The van der Waals surface area contributed by atoms with Gasteiger partial charge in [-0.2, -0.15) is 5.26 Å². The molecule has 0 bridgehead atoms. The summed E-state index contributed by atoms with van der Waals surface area (Å²) in [7, 11) is -0.0343. The van der Waals surface area contributed by atoms with Crippen LogP contribution in [0.1, 0.15) is 15.9 Å². The molecule has 0 fully saturated rings. The molecule has 1 aromatic heterocycles. The smallest absolute Gasteiger partial charge is 0.239 e. The Morgan fingerprint density at radius 3 is 2.63 bits per heavy atom. The van der Waals surface area contributed by atoms with Crippen molar-refractivity contribution in [2.24, 2.45) is 7.05 Å². The van der Waals surface area contributed by atoms with Crippen LogP contribution in [0.3, 0.4) is 0 Å². The minimum Gasteiger partial charge on any atom is -0.293 e. The number of ketones is 1. The summed E-state index contributed by atoms with van der Waals surface area (Å²) in [5.74, 6) is -0.481. The lowest BCUT2D eigenvalue weighted by atomic mass is 10.1. The van der Waals surface area contributed by atoms with E-state index < -0.39 is 10.8 Å². The summed E-state index contributed by atoms with van der Waals surface area (Å²) in [6, 6.07) is 8.12. The van der Waals surface area contributed by atoms with Gasteiger partial charge in [-0.15, -0.1) is 0 Å². The second-order valence-corrected chi connectivity index (χ2v) is 5.03. The predicted molar refractivity (Wildman–Crippen MR) is 65.6 cm³/mol. The van der Waals surface area contributed by atoms with E-state index in [2.05, 4.69) is 15.5 Å². The number of aryl methyl sites for hydroxylation is 1. The van der Waals surface area contributed by atoms with E-state index in [9.17, 15) is 9.00 Å². The molecule has 1 aromatic carbocycles. The summed E-state index contributed by atoms with van der Waals surface area (Å²) < 4.78 is 13.2. The van der Waals surface area contributed by atoms with Crippen molar-refractivity contribution >= 4 is 16.6 Å². The first kappa shape index (κ1) is 13.0. The fourth-order valence-electron chi connectivity index (χ4n) is 1.41. The van der Waals surface area contributed by atoms with Crippen LogP contribution in [0.2, 0.25) is 0 Å². The number of hydrogen-bond donors (Lipinski definition) is 0. The lowest BCUT2D eigenvalue weighted by Crippen LogP contribution is -2.14. The molecule has 0 saturated carbocycles. The number of nitriles is 1. The molecule has 0 spiro atoms. The fourth-order valence-corrected chi connectivity index (χ4v) is 2.40. The highest BCUT2D eigenvalue weighted by Crippen LogP contribution is 2.07. The van der Waals surface area contributed by atoms with Gasteiger partial charge in [0.25, 0.3) is 0 Å². The highest BCUT2D eigenvalue weighted by Gasteiger charge is 2.16. The van der Waals surface area contributed by atoms with E-state index in [4.69, 9.17) is 5.26 Å². The van der Waals surface area contributed by atoms with Gasteiger partial charge in [0.05, 0.1) is 17.4 Å². The summed E-state index contributed by atoms with van der Waals surface area (Å²) in [5.41, 5.74) is 0.873. The van der Waals surface area contributed by atoms with Gasteiger partial charge in [-0.3, -0.25) is 9.00 Å². The van der Waals surface area contributed by atoms with Gasteiger partial charge in [0.15, 0.2) is 5.78 Å². The van der Waals surface area contributed by atoms with Gasteiger partial charge in [-0.1, -0.05) is 17.2 Å². The Labute approximate surface area is 111 Å². The van der Waals surface area contributed by atoms with Crippen molar-refractivity contribution in [2.45, 2.75) is 5.16 Å². The van der Waals surface area contributed by atoms with E-state index >= 15 is 0 Å². The Morgan fingerprint density at radius 2 is 2.11 bits per heavy atom. The number of Topliss-reactive ketones (excluding diaryl/α,β-unsaturated/α-hetero) is 1. The Balaban J connectivity index is 2.11. The summed E-state index contributed by atoms with van der Waals surface area (Å²) in [6.07, 6.45) is 0. The standard InChI is InChI=1S/C11H9N5O2S/c1-16-11(13-14-15-16)19(18)7-10(17)9-4-2-8(6-12)3-5-9/h2-5H,7H2,1H3.